The van der Waals surface area contributed by atoms with Crippen LogP contribution in [0.15, 0.2) is 0 Å². The highest BCUT2D eigenvalue weighted by molar-refractivity contribution is 7.99. The van der Waals surface area contributed by atoms with E-state index in [9.17, 15) is 0 Å². The van der Waals surface area contributed by atoms with E-state index in [0.29, 0.717) is 5.25 Å². The van der Waals surface area contributed by atoms with Crippen LogP contribution < -0.4 is 0 Å². The third-order valence-corrected chi connectivity index (χ3v) is 2.92. The monoisotopic (exact) mass is 178 g/mol. The van der Waals surface area contributed by atoms with Gasteiger partial charge >= 0.3 is 0 Å². The van der Waals surface area contributed by atoms with E-state index >= 15 is 0 Å². The Hall–Kier alpha value is 0.700. The molecule has 0 amide bonds. The SMILES string of the molecule is CCCCCC(S)CSC. The van der Waals surface area contributed by atoms with Gasteiger partial charge in [0.05, 0.1) is 0 Å². The highest BCUT2D eigenvalue weighted by Crippen LogP contribution is 2.12. The Morgan fingerprint density at radius 3 is 2.60 bits per heavy atom. The predicted octanol–water partition coefficient (Wildman–Crippen LogP) is 3.23. The molecule has 0 N–H and O–H groups in total. The van der Waals surface area contributed by atoms with Gasteiger partial charge < -0.3 is 0 Å². The Bertz CT molecular complexity index is 64.3. The van der Waals surface area contributed by atoms with Crippen molar-refractivity contribution in [1.29, 1.82) is 0 Å². The van der Waals surface area contributed by atoms with Gasteiger partial charge in [0, 0.05) is 11.0 Å². The van der Waals surface area contributed by atoms with Crippen LogP contribution in [0.25, 0.3) is 0 Å². The molecule has 2 heteroatoms. The van der Waals surface area contributed by atoms with Crippen molar-refractivity contribution < 1.29 is 0 Å². The maximum Gasteiger partial charge on any atom is 0.0107 e. The van der Waals surface area contributed by atoms with Gasteiger partial charge in [-0.05, 0) is 12.7 Å². The molecule has 0 saturated heterocycles. The Kier molecular flexibility index (Phi) is 8.35. The minimum Gasteiger partial charge on any atom is -0.175 e. The molecule has 0 radical (unpaired) electrons. The number of thiol groups is 1. The van der Waals surface area contributed by atoms with Crippen LogP contribution in [0.5, 0.6) is 0 Å². The summed E-state index contributed by atoms with van der Waals surface area (Å²) in [6, 6.07) is 0. The first kappa shape index (κ1) is 10.7. The van der Waals surface area contributed by atoms with Gasteiger partial charge in [-0.2, -0.15) is 24.4 Å². The van der Waals surface area contributed by atoms with E-state index in [1.807, 2.05) is 11.8 Å². The maximum absolute atomic E-state index is 4.46. The lowest BCUT2D eigenvalue weighted by atomic mass is 10.2. The second kappa shape index (κ2) is 7.80. The van der Waals surface area contributed by atoms with Crippen molar-refractivity contribution in [3.05, 3.63) is 0 Å². The quantitative estimate of drug-likeness (QED) is 0.481. The number of hydrogen-bond donors (Lipinski definition) is 1. The van der Waals surface area contributed by atoms with Crippen LogP contribution in [0.3, 0.4) is 0 Å². The zero-order valence-electron chi connectivity index (χ0n) is 6.97. The van der Waals surface area contributed by atoms with Crippen LogP contribution in [-0.4, -0.2) is 17.3 Å². The normalized spacial score (nSPS) is 13.5. The van der Waals surface area contributed by atoms with E-state index in [4.69, 9.17) is 0 Å². The van der Waals surface area contributed by atoms with Gasteiger partial charge in [0.1, 0.15) is 0 Å². The first-order valence-corrected chi connectivity index (χ1v) is 5.89. The van der Waals surface area contributed by atoms with Gasteiger partial charge in [-0.25, -0.2) is 0 Å². The van der Waals surface area contributed by atoms with Crippen LogP contribution in [0.2, 0.25) is 0 Å². The van der Waals surface area contributed by atoms with Crippen molar-refractivity contribution >= 4 is 24.4 Å². The Morgan fingerprint density at radius 1 is 1.40 bits per heavy atom. The molecule has 0 rings (SSSR count). The van der Waals surface area contributed by atoms with Crippen molar-refractivity contribution in [2.75, 3.05) is 12.0 Å². The number of hydrogen-bond acceptors (Lipinski definition) is 2. The van der Waals surface area contributed by atoms with Crippen LogP contribution >= 0.6 is 24.4 Å². The minimum atomic E-state index is 0.626. The summed E-state index contributed by atoms with van der Waals surface area (Å²) in [7, 11) is 0. The third kappa shape index (κ3) is 6.81. The zero-order chi connectivity index (χ0) is 7.82. The van der Waals surface area contributed by atoms with Crippen molar-refractivity contribution in [3.8, 4) is 0 Å². The third-order valence-electron chi connectivity index (χ3n) is 1.50. The summed E-state index contributed by atoms with van der Waals surface area (Å²) < 4.78 is 0. The fraction of sp³-hybridized carbons (Fsp3) is 1.00. The molecule has 0 aliphatic carbocycles. The molecular formula is C8H18S2. The van der Waals surface area contributed by atoms with Crippen molar-refractivity contribution in [2.45, 2.75) is 37.9 Å². The lowest BCUT2D eigenvalue weighted by Gasteiger charge is -2.06. The number of rotatable bonds is 6. The molecule has 0 aromatic rings. The largest absolute Gasteiger partial charge is 0.175 e. The van der Waals surface area contributed by atoms with Crippen LogP contribution in [0, 0.1) is 0 Å². The molecule has 1 unspecified atom stereocenters. The maximum atomic E-state index is 4.46. The molecule has 0 aromatic carbocycles. The van der Waals surface area contributed by atoms with Gasteiger partial charge in [0.25, 0.3) is 0 Å². The summed E-state index contributed by atoms with van der Waals surface area (Å²) in [5.74, 6) is 1.20. The van der Waals surface area contributed by atoms with E-state index < -0.39 is 0 Å². The van der Waals surface area contributed by atoms with Gasteiger partial charge in [0.15, 0.2) is 0 Å². The lowest BCUT2D eigenvalue weighted by molar-refractivity contribution is 0.669. The molecule has 0 saturated carbocycles. The van der Waals surface area contributed by atoms with E-state index in [-0.39, 0.29) is 0 Å². The zero-order valence-corrected chi connectivity index (χ0v) is 8.68. The van der Waals surface area contributed by atoms with E-state index in [0.717, 1.165) is 0 Å². The van der Waals surface area contributed by atoms with E-state index in [1.54, 1.807) is 0 Å². The molecule has 0 bridgehead atoms. The summed E-state index contributed by atoms with van der Waals surface area (Å²) in [5.41, 5.74) is 0. The van der Waals surface area contributed by atoms with Gasteiger partial charge in [-0.1, -0.05) is 26.2 Å². The fourth-order valence-electron chi connectivity index (χ4n) is 0.906. The summed E-state index contributed by atoms with van der Waals surface area (Å²) in [4.78, 5) is 0. The molecule has 0 spiro atoms. The Morgan fingerprint density at radius 2 is 2.10 bits per heavy atom. The van der Waals surface area contributed by atoms with Crippen LogP contribution in [0.1, 0.15) is 32.6 Å². The lowest BCUT2D eigenvalue weighted by Crippen LogP contribution is -2.01. The number of thioether (sulfide) groups is 1. The van der Waals surface area contributed by atoms with Crippen LogP contribution in [0.4, 0.5) is 0 Å². The molecule has 0 nitrogen and oxygen atoms in total. The van der Waals surface area contributed by atoms with E-state index in [2.05, 4.69) is 25.8 Å². The molecule has 1 atom stereocenters. The van der Waals surface area contributed by atoms with Crippen LogP contribution in [-0.2, 0) is 0 Å². The molecule has 0 aliphatic rings. The van der Waals surface area contributed by atoms with Gasteiger partial charge in [0.2, 0.25) is 0 Å². The first-order chi connectivity index (χ1) is 4.81. The second-order valence-electron chi connectivity index (χ2n) is 2.60. The van der Waals surface area contributed by atoms with Crippen molar-refractivity contribution in [1.82, 2.24) is 0 Å². The van der Waals surface area contributed by atoms with Crippen molar-refractivity contribution in [3.63, 3.8) is 0 Å². The molecule has 62 valence electrons. The minimum absolute atomic E-state index is 0.626. The molecule has 0 heterocycles. The molecule has 10 heavy (non-hydrogen) atoms. The number of unbranched alkanes of at least 4 members (excludes halogenated alkanes) is 2. The molecule has 0 aromatic heterocycles. The average Bonchev–Trinajstić information content (AvgIpc) is 1.89. The smallest absolute Gasteiger partial charge is 0.0107 e. The second-order valence-corrected chi connectivity index (χ2v) is 4.25. The van der Waals surface area contributed by atoms with Gasteiger partial charge in [-0.3, -0.25) is 0 Å². The standard InChI is InChI=1S/C8H18S2/c1-3-4-5-6-8(9)7-10-2/h8-9H,3-7H2,1-2H3. The summed E-state index contributed by atoms with van der Waals surface area (Å²) in [6.07, 6.45) is 7.47. The molecule has 0 fully saturated rings. The molecular weight excluding hydrogens is 160 g/mol. The van der Waals surface area contributed by atoms with Crippen molar-refractivity contribution in [2.24, 2.45) is 0 Å². The van der Waals surface area contributed by atoms with Gasteiger partial charge in [-0.15, -0.1) is 0 Å². The Labute approximate surface area is 74.6 Å². The summed E-state index contributed by atoms with van der Waals surface area (Å²) in [5, 5.41) is 0.626. The Balaban J connectivity index is 2.97. The first-order valence-electron chi connectivity index (χ1n) is 3.98. The fourth-order valence-corrected chi connectivity index (χ4v) is 2.09. The van der Waals surface area contributed by atoms with E-state index in [1.165, 1.54) is 31.4 Å². The summed E-state index contributed by atoms with van der Waals surface area (Å²) in [6.45, 7) is 2.24. The highest BCUT2D eigenvalue weighted by atomic mass is 32.2. The molecule has 0 aliphatic heterocycles. The predicted molar refractivity (Wildman–Crippen MR) is 55.3 cm³/mol. The summed E-state index contributed by atoms with van der Waals surface area (Å²) >= 11 is 6.35. The highest BCUT2D eigenvalue weighted by Gasteiger charge is 1.99. The average molecular weight is 178 g/mol. The topological polar surface area (TPSA) is 0 Å².